The van der Waals surface area contributed by atoms with Gasteiger partial charge in [0, 0.05) is 12.6 Å². The molecule has 3 nitrogen and oxygen atoms in total. The number of aromatic hydroxyl groups is 1. The second-order valence-corrected chi connectivity index (χ2v) is 4.88. The Kier molecular flexibility index (Phi) is 4.55. The lowest BCUT2D eigenvalue weighted by atomic mass is 10.0. The van der Waals surface area contributed by atoms with Crippen molar-refractivity contribution < 1.29 is 9.50 Å². The lowest BCUT2D eigenvalue weighted by Crippen LogP contribution is -2.42. The standard InChI is InChI=1S/C14H21FN2O/c1-2-17-7-5-12(6-8-17)16-10-11-3-4-14(18)13(15)9-11/h3-4,9,12,16,18H,2,5-8,10H2,1H3. The summed E-state index contributed by atoms with van der Waals surface area (Å²) in [4.78, 5) is 2.44. The van der Waals surface area contributed by atoms with Crippen LogP contribution in [0.15, 0.2) is 18.2 Å². The Morgan fingerprint density at radius 1 is 1.39 bits per heavy atom. The maximum absolute atomic E-state index is 13.2. The van der Waals surface area contributed by atoms with Gasteiger partial charge in [-0.15, -0.1) is 0 Å². The Bertz CT molecular complexity index is 389. The molecular formula is C14H21FN2O. The molecular weight excluding hydrogens is 231 g/mol. The zero-order valence-corrected chi connectivity index (χ0v) is 10.8. The molecule has 1 aliphatic heterocycles. The molecule has 4 heteroatoms. The Labute approximate surface area is 108 Å². The normalized spacial score (nSPS) is 18.1. The highest BCUT2D eigenvalue weighted by Crippen LogP contribution is 2.17. The summed E-state index contributed by atoms with van der Waals surface area (Å²) in [5, 5.41) is 12.6. The highest BCUT2D eigenvalue weighted by atomic mass is 19.1. The SMILES string of the molecule is CCN1CCC(NCc2ccc(O)c(F)c2)CC1. The second kappa shape index (κ2) is 6.16. The van der Waals surface area contributed by atoms with Gasteiger partial charge in [-0.2, -0.15) is 0 Å². The molecule has 0 aliphatic carbocycles. The summed E-state index contributed by atoms with van der Waals surface area (Å²) in [7, 11) is 0. The van der Waals surface area contributed by atoms with E-state index in [0.717, 1.165) is 38.0 Å². The largest absolute Gasteiger partial charge is 0.505 e. The quantitative estimate of drug-likeness (QED) is 0.861. The van der Waals surface area contributed by atoms with E-state index in [1.54, 1.807) is 6.07 Å². The summed E-state index contributed by atoms with van der Waals surface area (Å²) >= 11 is 0. The maximum atomic E-state index is 13.2. The molecule has 0 amide bonds. The number of phenols is 1. The lowest BCUT2D eigenvalue weighted by Gasteiger charge is -2.31. The number of hydrogen-bond donors (Lipinski definition) is 2. The van der Waals surface area contributed by atoms with Crippen molar-refractivity contribution in [1.82, 2.24) is 10.2 Å². The molecule has 2 N–H and O–H groups in total. The summed E-state index contributed by atoms with van der Waals surface area (Å²) in [6, 6.07) is 5.08. The number of phenolic OH excluding ortho intramolecular Hbond substituents is 1. The first kappa shape index (κ1) is 13.3. The van der Waals surface area contributed by atoms with Crippen molar-refractivity contribution in [1.29, 1.82) is 0 Å². The van der Waals surface area contributed by atoms with Gasteiger partial charge in [0.15, 0.2) is 11.6 Å². The van der Waals surface area contributed by atoms with Crippen molar-refractivity contribution in [3.63, 3.8) is 0 Å². The van der Waals surface area contributed by atoms with Gasteiger partial charge in [-0.05, 0) is 50.2 Å². The van der Waals surface area contributed by atoms with Crippen LogP contribution in [-0.4, -0.2) is 35.7 Å². The molecule has 1 aromatic carbocycles. The van der Waals surface area contributed by atoms with Gasteiger partial charge in [0.2, 0.25) is 0 Å². The number of nitrogens with one attached hydrogen (secondary N) is 1. The minimum absolute atomic E-state index is 0.282. The first-order valence-corrected chi connectivity index (χ1v) is 6.62. The average Bonchev–Trinajstić information content (AvgIpc) is 2.41. The monoisotopic (exact) mass is 252 g/mol. The summed E-state index contributed by atoms with van der Waals surface area (Å²) in [5.74, 6) is -0.829. The van der Waals surface area contributed by atoms with Gasteiger partial charge < -0.3 is 15.3 Å². The Hall–Kier alpha value is -1.13. The molecule has 1 aromatic rings. The number of benzene rings is 1. The van der Waals surface area contributed by atoms with Gasteiger partial charge in [0.25, 0.3) is 0 Å². The molecule has 0 atom stereocenters. The third-order valence-electron chi connectivity index (χ3n) is 3.64. The fourth-order valence-corrected chi connectivity index (χ4v) is 2.38. The van der Waals surface area contributed by atoms with Crippen molar-refractivity contribution in [2.24, 2.45) is 0 Å². The van der Waals surface area contributed by atoms with Crippen LogP contribution in [0.3, 0.4) is 0 Å². The fourth-order valence-electron chi connectivity index (χ4n) is 2.38. The predicted molar refractivity (Wildman–Crippen MR) is 70.0 cm³/mol. The van der Waals surface area contributed by atoms with Crippen LogP contribution in [0.2, 0.25) is 0 Å². The van der Waals surface area contributed by atoms with Crippen LogP contribution in [0.1, 0.15) is 25.3 Å². The molecule has 0 bridgehead atoms. The summed E-state index contributed by atoms with van der Waals surface area (Å²) in [6.45, 7) is 6.24. The predicted octanol–water partition coefficient (Wildman–Crippen LogP) is 2.11. The van der Waals surface area contributed by atoms with E-state index in [1.807, 2.05) is 0 Å². The number of piperidine rings is 1. The highest BCUT2D eigenvalue weighted by molar-refractivity contribution is 5.27. The molecule has 1 aliphatic rings. The molecule has 100 valence electrons. The molecule has 0 aromatic heterocycles. The van der Waals surface area contributed by atoms with E-state index in [1.165, 1.54) is 12.1 Å². The number of rotatable bonds is 4. The third kappa shape index (κ3) is 3.43. The third-order valence-corrected chi connectivity index (χ3v) is 3.64. The average molecular weight is 252 g/mol. The topological polar surface area (TPSA) is 35.5 Å². The Balaban J connectivity index is 1.79. The van der Waals surface area contributed by atoms with Crippen molar-refractivity contribution in [3.05, 3.63) is 29.6 Å². The molecule has 1 heterocycles. The van der Waals surface area contributed by atoms with Gasteiger partial charge in [-0.1, -0.05) is 13.0 Å². The highest BCUT2D eigenvalue weighted by Gasteiger charge is 2.17. The van der Waals surface area contributed by atoms with Crippen LogP contribution in [0, 0.1) is 5.82 Å². The van der Waals surface area contributed by atoms with E-state index in [-0.39, 0.29) is 5.75 Å². The number of hydrogen-bond acceptors (Lipinski definition) is 3. The van der Waals surface area contributed by atoms with Crippen LogP contribution in [0.5, 0.6) is 5.75 Å². The van der Waals surface area contributed by atoms with Gasteiger partial charge in [-0.25, -0.2) is 4.39 Å². The molecule has 1 saturated heterocycles. The van der Waals surface area contributed by atoms with E-state index in [4.69, 9.17) is 5.11 Å². The van der Waals surface area contributed by atoms with Gasteiger partial charge in [0.05, 0.1) is 0 Å². The van der Waals surface area contributed by atoms with E-state index in [0.29, 0.717) is 12.6 Å². The minimum Gasteiger partial charge on any atom is -0.505 e. The van der Waals surface area contributed by atoms with Crippen LogP contribution >= 0.6 is 0 Å². The smallest absolute Gasteiger partial charge is 0.165 e. The van der Waals surface area contributed by atoms with Gasteiger partial charge in [0.1, 0.15) is 0 Å². The minimum atomic E-state index is -0.546. The fraction of sp³-hybridized carbons (Fsp3) is 0.571. The molecule has 1 fully saturated rings. The number of likely N-dealkylation sites (tertiary alicyclic amines) is 1. The first-order chi connectivity index (χ1) is 8.69. The molecule has 18 heavy (non-hydrogen) atoms. The van der Waals surface area contributed by atoms with Crippen LogP contribution in [0.4, 0.5) is 4.39 Å². The number of nitrogens with zero attached hydrogens (tertiary/aromatic N) is 1. The Morgan fingerprint density at radius 2 is 2.11 bits per heavy atom. The lowest BCUT2D eigenvalue weighted by molar-refractivity contribution is 0.206. The van der Waals surface area contributed by atoms with Crippen LogP contribution in [0.25, 0.3) is 0 Å². The summed E-state index contributed by atoms with van der Waals surface area (Å²) in [5.41, 5.74) is 0.878. The summed E-state index contributed by atoms with van der Waals surface area (Å²) < 4.78 is 13.2. The van der Waals surface area contributed by atoms with Gasteiger partial charge >= 0.3 is 0 Å². The molecule has 0 radical (unpaired) electrons. The molecule has 2 rings (SSSR count). The van der Waals surface area contributed by atoms with E-state index < -0.39 is 5.82 Å². The van der Waals surface area contributed by atoms with Crippen LogP contribution < -0.4 is 5.32 Å². The van der Waals surface area contributed by atoms with Crippen LogP contribution in [-0.2, 0) is 6.54 Å². The molecule has 0 saturated carbocycles. The van der Waals surface area contributed by atoms with Crippen molar-refractivity contribution >= 4 is 0 Å². The van der Waals surface area contributed by atoms with Crippen molar-refractivity contribution in [2.75, 3.05) is 19.6 Å². The zero-order valence-electron chi connectivity index (χ0n) is 10.8. The van der Waals surface area contributed by atoms with Crippen molar-refractivity contribution in [2.45, 2.75) is 32.4 Å². The summed E-state index contributed by atoms with van der Waals surface area (Å²) in [6.07, 6.45) is 2.29. The molecule has 0 unspecified atom stereocenters. The second-order valence-electron chi connectivity index (χ2n) is 4.88. The first-order valence-electron chi connectivity index (χ1n) is 6.62. The molecule has 0 spiro atoms. The maximum Gasteiger partial charge on any atom is 0.165 e. The van der Waals surface area contributed by atoms with E-state index in [2.05, 4.69) is 17.1 Å². The van der Waals surface area contributed by atoms with Gasteiger partial charge in [-0.3, -0.25) is 0 Å². The van der Waals surface area contributed by atoms with Crippen molar-refractivity contribution in [3.8, 4) is 5.75 Å². The zero-order chi connectivity index (χ0) is 13.0. The van der Waals surface area contributed by atoms with E-state index >= 15 is 0 Å². The van der Waals surface area contributed by atoms with E-state index in [9.17, 15) is 4.39 Å². The number of halogens is 1. The Morgan fingerprint density at radius 3 is 2.72 bits per heavy atom.